The van der Waals surface area contributed by atoms with Crippen molar-refractivity contribution in [1.29, 1.82) is 0 Å². The minimum Gasteiger partial charge on any atom is -0.289 e. The Kier molecular flexibility index (Phi) is 3.33. The molecule has 0 aliphatic rings. The summed E-state index contributed by atoms with van der Waals surface area (Å²) < 4.78 is 13.4. The first kappa shape index (κ1) is 11.9. The third-order valence-electron chi connectivity index (χ3n) is 2.47. The summed E-state index contributed by atoms with van der Waals surface area (Å²) in [6.45, 7) is 1.84. The first-order valence-corrected chi connectivity index (χ1v) is 5.79. The van der Waals surface area contributed by atoms with Crippen LogP contribution in [0.1, 0.15) is 21.5 Å². The number of hydrogen-bond acceptors (Lipinski definition) is 2. The van der Waals surface area contributed by atoms with Gasteiger partial charge < -0.3 is 0 Å². The molecule has 17 heavy (non-hydrogen) atoms. The van der Waals surface area contributed by atoms with E-state index in [1.165, 1.54) is 24.4 Å². The number of hydrogen-bond donors (Lipinski definition) is 0. The third-order valence-corrected chi connectivity index (χ3v) is 3.07. The molecule has 2 aromatic rings. The van der Waals surface area contributed by atoms with E-state index in [0.717, 1.165) is 5.56 Å². The zero-order valence-corrected chi connectivity index (χ0v) is 10.7. The van der Waals surface area contributed by atoms with Crippen molar-refractivity contribution >= 4 is 21.7 Å². The molecule has 0 saturated heterocycles. The number of pyridine rings is 1. The van der Waals surface area contributed by atoms with Crippen molar-refractivity contribution < 1.29 is 9.18 Å². The van der Waals surface area contributed by atoms with Crippen LogP contribution in [-0.2, 0) is 0 Å². The second-order valence-electron chi connectivity index (χ2n) is 3.65. The van der Waals surface area contributed by atoms with Gasteiger partial charge in [-0.15, -0.1) is 0 Å². The smallest absolute Gasteiger partial charge is 0.194 e. The molecule has 0 saturated carbocycles. The molecule has 0 atom stereocenters. The average molecular weight is 294 g/mol. The van der Waals surface area contributed by atoms with Crippen LogP contribution in [0.4, 0.5) is 4.39 Å². The molecule has 0 aliphatic carbocycles. The van der Waals surface area contributed by atoms with Crippen LogP contribution in [0, 0.1) is 12.7 Å². The molecule has 0 radical (unpaired) electrons. The standard InChI is InChI=1S/C13H9BrFNO/c1-8-4-5-16-7-10(8)13(17)9-2-3-12(15)11(14)6-9/h2-7H,1H3. The highest BCUT2D eigenvalue weighted by atomic mass is 79.9. The lowest BCUT2D eigenvalue weighted by Crippen LogP contribution is -2.04. The van der Waals surface area contributed by atoms with E-state index >= 15 is 0 Å². The molecule has 4 heteroatoms. The van der Waals surface area contributed by atoms with Crippen LogP contribution in [0.15, 0.2) is 41.1 Å². The maximum absolute atomic E-state index is 13.1. The van der Waals surface area contributed by atoms with Gasteiger partial charge >= 0.3 is 0 Å². The number of ketones is 1. The van der Waals surface area contributed by atoms with Crippen LogP contribution < -0.4 is 0 Å². The van der Waals surface area contributed by atoms with E-state index in [0.29, 0.717) is 11.1 Å². The number of carbonyl (C=O) groups excluding carboxylic acids is 1. The number of carbonyl (C=O) groups is 1. The monoisotopic (exact) mass is 293 g/mol. The van der Waals surface area contributed by atoms with Crippen LogP contribution in [0.2, 0.25) is 0 Å². The van der Waals surface area contributed by atoms with E-state index in [1.54, 1.807) is 12.3 Å². The van der Waals surface area contributed by atoms with Gasteiger partial charge in [0, 0.05) is 23.5 Å². The van der Waals surface area contributed by atoms with Crippen molar-refractivity contribution in [2.24, 2.45) is 0 Å². The van der Waals surface area contributed by atoms with Crippen LogP contribution in [0.5, 0.6) is 0 Å². The molecule has 2 rings (SSSR count). The zero-order chi connectivity index (χ0) is 12.4. The lowest BCUT2D eigenvalue weighted by molar-refractivity contribution is 0.103. The average Bonchev–Trinajstić information content (AvgIpc) is 2.32. The Morgan fingerprint density at radius 1 is 1.35 bits per heavy atom. The number of halogens is 2. The van der Waals surface area contributed by atoms with Gasteiger partial charge in [-0.3, -0.25) is 9.78 Å². The molecule has 1 heterocycles. The maximum atomic E-state index is 13.1. The molecule has 0 aliphatic heterocycles. The first-order chi connectivity index (χ1) is 8.09. The van der Waals surface area contributed by atoms with Gasteiger partial charge in [-0.2, -0.15) is 0 Å². The van der Waals surface area contributed by atoms with Gasteiger partial charge in [0.1, 0.15) is 5.82 Å². The third kappa shape index (κ3) is 2.42. The van der Waals surface area contributed by atoms with Crippen LogP contribution in [-0.4, -0.2) is 10.8 Å². The van der Waals surface area contributed by atoms with E-state index in [1.807, 2.05) is 6.92 Å². The number of aryl methyl sites for hydroxylation is 1. The lowest BCUT2D eigenvalue weighted by Gasteiger charge is -2.04. The Labute approximate surface area is 107 Å². The maximum Gasteiger partial charge on any atom is 0.194 e. The topological polar surface area (TPSA) is 30.0 Å². The number of aromatic nitrogens is 1. The molecule has 1 aromatic carbocycles. The van der Waals surface area contributed by atoms with Crippen molar-refractivity contribution in [3.8, 4) is 0 Å². The van der Waals surface area contributed by atoms with Crippen molar-refractivity contribution in [2.45, 2.75) is 6.92 Å². The van der Waals surface area contributed by atoms with Gasteiger partial charge in [0.2, 0.25) is 0 Å². The summed E-state index contributed by atoms with van der Waals surface area (Å²) >= 11 is 3.06. The normalized spacial score (nSPS) is 10.3. The van der Waals surface area contributed by atoms with E-state index in [-0.39, 0.29) is 16.1 Å². The Bertz CT molecular complexity index is 583. The number of nitrogens with zero attached hydrogens (tertiary/aromatic N) is 1. The Morgan fingerprint density at radius 3 is 2.76 bits per heavy atom. The summed E-state index contributed by atoms with van der Waals surface area (Å²) in [5.41, 5.74) is 1.82. The number of benzene rings is 1. The van der Waals surface area contributed by atoms with E-state index in [4.69, 9.17) is 0 Å². The van der Waals surface area contributed by atoms with Gasteiger partial charge in [-0.25, -0.2) is 4.39 Å². The fourth-order valence-electron chi connectivity index (χ4n) is 1.49. The van der Waals surface area contributed by atoms with Crippen LogP contribution in [0.25, 0.3) is 0 Å². The van der Waals surface area contributed by atoms with Gasteiger partial charge in [0.05, 0.1) is 4.47 Å². The van der Waals surface area contributed by atoms with Crippen LogP contribution in [0.3, 0.4) is 0 Å². The predicted molar refractivity (Wildman–Crippen MR) is 66.5 cm³/mol. The molecule has 0 fully saturated rings. The summed E-state index contributed by atoms with van der Waals surface area (Å²) in [6.07, 6.45) is 3.15. The quantitative estimate of drug-likeness (QED) is 0.793. The van der Waals surface area contributed by atoms with Crippen molar-refractivity contribution in [2.75, 3.05) is 0 Å². The zero-order valence-electron chi connectivity index (χ0n) is 9.08. The Balaban J connectivity index is 2.44. The first-order valence-electron chi connectivity index (χ1n) is 5.00. The fraction of sp³-hybridized carbons (Fsp3) is 0.0769. The largest absolute Gasteiger partial charge is 0.289 e. The molecule has 0 unspecified atom stereocenters. The predicted octanol–water partition coefficient (Wildman–Crippen LogP) is 3.52. The van der Waals surface area contributed by atoms with Gasteiger partial charge in [-0.05, 0) is 52.7 Å². The molecule has 0 spiro atoms. The summed E-state index contributed by atoms with van der Waals surface area (Å²) in [7, 11) is 0. The summed E-state index contributed by atoms with van der Waals surface area (Å²) in [5, 5.41) is 0. The van der Waals surface area contributed by atoms with Gasteiger partial charge in [0.15, 0.2) is 5.78 Å². The minimum atomic E-state index is -0.385. The van der Waals surface area contributed by atoms with Gasteiger partial charge in [-0.1, -0.05) is 0 Å². The Morgan fingerprint density at radius 2 is 2.12 bits per heavy atom. The van der Waals surface area contributed by atoms with Gasteiger partial charge in [0.25, 0.3) is 0 Å². The second-order valence-corrected chi connectivity index (χ2v) is 4.50. The Hall–Kier alpha value is -1.55. The second kappa shape index (κ2) is 4.75. The molecule has 86 valence electrons. The van der Waals surface area contributed by atoms with Crippen molar-refractivity contribution in [3.05, 3.63) is 63.6 Å². The molecular weight excluding hydrogens is 285 g/mol. The summed E-state index contributed by atoms with van der Waals surface area (Å²) in [5.74, 6) is -0.541. The summed E-state index contributed by atoms with van der Waals surface area (Å²) in [6, 6.07) is 5.98. The van der Waals surface area contributed by atoms with E-state index in [9.17, 15) is 9.18 Å². The van der Waals surface area contributed by atoms with Crippen molar-refractivity contribution in [1.82, 2.24) is 4.98 Å². The molecule has 0 amide bonds. The molecular formula is C13H9BrFNO. The van der Waals surface area contributed by atoms with E-state index in [2.05, 4.69) is 20.9 Å². The molecule has 2 nitrogen and oxygen atoms in total. The minimum absolute atomic E-state index is 0.156. The molecule has 0 bridgehead atoms. The van der Waals surface area contributed by atoms with Crippen LogP contribution >= 0.6 is 15.9 Å². The molecule has 0 N–H and O–H groups in total. The highest BCUT2D eigenvalue weighted by Crippen LogP contribution is 2.19. The SMILES string of the molecule is Cc1ccncc1C(=O)c1ccc(F)c(Br)c1. The van der Waals surface area contributed by atoms with E-state index < -0.39 is 0 Å². The highest BCUT2D eigenvalue weighted by molar-refractivity contribution is 9.10. The lowest BCUT2D eigenvalue weighted by atomic mass is 10.0. The van der Waals surface area contributed by atoms with Crippen molar-refractivity contribution in [3.63, 3.8) is 0 Å². The highest BCUT2D eigenvalue weighted by Gasteiger charge is 2.13. The summed E-state index contributed by atoms with van der Waals surface area (Å²) in [4.78, 5) is 16.1. The fourth-order valence-corrected chi connectivity index (χ4v) is 1.87. The number of rotatable bonds is 2. The molecule has 1 aromatic heterocycles.